The first kappa shape index (κ1) is 12.3. The fraction of sp³-hybridized carbons (Fsp3) is 0.438. The Balaban J connectivity index is 1.82. The molecule has 1 fully saturated rings. The lowest BCUT2D eigenvalue weighted by atomic mass is 10.1. The molecule has 2 aromatic rings. The van der Waals surface area contributed by atoms with Crippen molar-refractivity contribution in [2.45, 2.75) is 19.3 Å². The van der Waals surface area contributed by atoms with Crippen LogP contribution < -0.4 is 0 Å². The van der Waals surface area contributed by atoms with Crippen LogP contribution >= 0.6 is 0 Å². The Hall–Kier alpha value is -1.79. The number of rotatable bonds is 4. The highest BCUT2D eigenvalue weighted by Crippen LogP contribution is 2.49. The largest absolute Gasteiger partial charge is 0.361 e. The van der Waals surface area contributed by atoms with E-state index in [1.807, 2.05) is 12.1 Å². The third-order valence-electron chi connectivity index (χ3n) is 4.25. The first-order valence-electron chi connectivity index (χ1n) is 6.92. The van der Waals surface area contributed by atoms with Gasteiger partial charge >= 0.3 is 0 Å². The Morgan fingerprint density at radius 3 is 3.05 bits per heavy atom. The number of fused-ring (bicyclic) bond motifs is 1. The van der Waals surface area contributed by atoms with Crippen molar-refractivity contribution in [3.63, 3.8) is 0 Å². The number of benzene rings is 1. The highest BCUT2D eigenvalue weighted by molar-refractivity contribution is 5.85. The monoisotopic (exact) mass is 253 g/mol. The van der Waals surface area contributed by atoms with Crippen LogP contribution in [0.4, 0.5) is 0 Å². The molecule has 0 saturated heterocycles. The van der Waals surface area contributed by atoms with Gasteiger partial charge in [0.15, 0.2) is 0 Å². The van der Waals surface area contributed by atoms with Crippen LogP contribution in [0.3, 0.4) is 0 Å². The number of nitrogens with one attached hydrogen (secondary N) is 1. The molecule has 3 nitrogen and oxygen atoms in total. The third-order valence-corrected chi connectivity index (χ3v) is 4.25. The Bertz CT molecular complexity index is 635. The van der Waals surface area contributed by atoms with E-state index >= 15 is 0 Å². The fourth-order valence-corrected chi connectivity index (χ4v) is 2.88. The van der Waals surface area contributed by atoms with Crippen molar-refractivity contribution in [3.8, 4) is 6.07 Å². The summed E-state index contributed by atoms with van der Waals surface area (Å²) in [6, 6.07) is 8.12. The second-order valence-corrected chi connectivity index (χ2v) is 5.57. The maximum atomic E-state index is 8.92. The second kappa shape index (κ2) is 4.71. The summed E-state index contributed by atoms with van der Waals surface area (Å²) in [7, 11) is 2.18. The molecular weight excluding hydrogens is 234 g/mol. The molecule has 1 aliphatic rings. The van der Waals surface area contributed by atoms with Crippen LogP contribution in [0.2, 0.25) is 0 Å². The molecule has 1 heterocycles. The zero-order valence-corrected chi connectivity index (χ0v) is 11.5. The van der Waals surface area contributed by atoms with Gasteiger partial charge < -0.3 is 9.88 Å². The van der Waals surface area contributed by atoms with Gasteiger partial charge in [-0.25, -0.2) is 0 Å². The minimum absolute atomic E-state index is 0.690. The third kappa shape index (κ3) is 2.24. The molecule has 1 saturated carbocycles. The first-order valence-corrected chi connectivity index (χ1v) is 6.92. The van der Waals surface area contributed by atoms with Crippen LogP contribution in [-0.2, 0) is 0 Å². The van der Waals surface area contributed by atoms with E-state index in [0.717, 1.165) is 23.5 Å². The second-order valence-electron chi connectivity index (χ2n) is 5.57. The molecule has 0 unspecified atom stereocenters. The van der Waals surface area contributed by atoms with E-state index in [9.17, 15) is 0 Å². The van der Waals surface area contributed by atoms with Crippen molar-refractivity contribution in [1.82, 2.24) is 9.88 Å². The molecule has 1 aromatic carbocycles. The molecule has 19 heavy (non-hydrogen) atoms. The summed E-state index contributed by atoms with van der Waals surface area (Å²) < 4.78 is 0. The summed E-state index contributed by atoms with van der Waals surface area (Å²) in [6.45, 7) is 4.50. The van der Waals surface area contributed by atoms with Gasteiger partial charge in [0.2, 0.25) is 0 Å². The van der Waals surface area contributed by atoms with Gasteiger partial charge in [0.25, 0.3) is 0 Å². The first-order chi connectivity index (χ1) is 9.22. The molecule has 0 bridgehead atoms. The molecule has 0 aliphatic heterocycles. The van der Waals surface area contributed by atoms with Gasteiger partial charge in [0.1, 0.15) is 0 Å². The summed E-state index contributed by atoms with van der Waals surface area (Å²) >= 11 is 0. The van der Waals surface area contributed by atoms with E-state index in [4.69, 9.17) is 5.26 Å². The van der Waals surface area contributed by atoms with E-state index < -0.39 is 0 Å². The predicted octanol–water partition coefficient (Wildman–Crippen LogP) is 3.09. The van der Waals surface area contributed by atoms with Crippen molar-refractivity contribution >= 4 is 10.9 Å². The van der Waals surface area contributed by atoms with Gasteiger partial charge in [0.05, 0.1) is 11.6 Å². The molecule has 3 rings (SSSR count). The maximum Gasteiger partial charge on any atom is 0.0992 e. The van der Waals surface area contributed by atoms with Crippen molar-refractivity contribution in [1.29, 1.82) is 5.26 Å². The van der Waals surface area contributed by atoms with Crippen LogP contribution in [0.25, 0.3) is 10.9 Å². The van der Waals surface area contributed by atoms with E-state index in [1.165, 1.54) is 23.9 Å². The Morgan fingerprint density at radius 2 is 2.32 bits per heavy atom. The van der Waals surface area contributed by atoms with Crippen LogP contribution in [0.15, 0.2) is 24.4 Å². The maximum absolute atomic E-state index is 8.92. The molecule has 2 atom stereocenters. The summed E-state index contributed by atoms with van der Waals surface area (Å²) in [6.07, 6.45) is 3.42. The van der Waals surface area contributed by atoms with Crippen molar-refractivity contribution in [2.75, 3.05) is 20.1 Å². The lowest BCUT2D eigenvalue weighted by Crippen LogP contribution is -2.20. The number of aromatic nitrogens is 1. The molecule has 0 spiro atoms. The Kier molecular flexibility index (Phi) is 3.04. The molecule has 98 valence electrons. The fourth-order valence-electron chi connectivity index (χ4n) is 2.88. The van der Waals surface area contributed by atoms with E-state index in [1.54, 1.807) is 0 Å². The SMILES string of the molecule is CCN(C)C[C@@H]1C[C@H]1c1c[nH]c2cc(C#N)ccc12. The summed E-state index contributed by atoms with van der Waals surface area (Å²) in [5, 5.41) is 10.2. The van der Waals surface area contributed by atoms with Gasteiger partial charge in [-0.15, -0.1) is 0 Å². The Morgan fingerprint density at radius 1 is 1.47 bits per heavy atom. The van der Waals surface area contributed by atoms with E-state index in [-0.39, 0.29) is 0 Å². The average Bonchev–Trinajstić information content (AvgIpc) is 3.06. The summed E-state index contributed by atoms with van der Waals surface area (Å²) in [5.41, 5.74) is 3.23. The number of nitriles is 1. The van der Waals surface area contributed by atoms with Crippen molar-refractivity contribution in [3.05, 3.63) is 35.5 Å². The zero-order chi connectivity index (χ0) is 13.4. The molecule has 0 radical (unpaired) electrons. The van der Waals surface area contributed by atoms with Gasteiger partial charge in [-0.05, 0) is 49.5 Å². The smallest absolute Gasteiger partial charge is 0.0992 e. The molecule has 3 heteroatoms. The standard InChI is InChI=1S/C16H19N3/c1-3-19(2)10-12-7-14(12)15-9-18-16-6-11(8-17)4-5-13(15)16/h4-6,9,12,14,18H,3,7,10H2,1-2H3/t12-,14+/m0/s1. The van der Waals surface area contributed by atoms with E-state index in [2.05, 4.69) is 42.2 Å². The topological polar surface area (TPSA) is 42.8 Å². The normalized spacial score (nSPS) is 21.8. The van der Waals surface area contributed by atoms with Gasteiger partial charge in [-0.1, -0.05) is 13.0 Å². The lowest BCUT2D eigenvalue weighted by Gasteiger charge is -2.12. The predicted molar refractivity (Wildman–Crippen MR) is 77.0 cm³/mol. The van der Waals surface area contributed by atoms with Gasteiger partial charge in [-0.2, -0.15) is 5.26 Å². The highest BCUT2D eigenvalue weighted by Gasteiger charge is 2.39. The van der Waals surface area contributed by atoms with Crippen LogP contribution in [0.5, 0.6) is 0 Å². The van der Waals surface area contributed by atoms with Crippen molar-refractivity contribution in [2.24, 2.45) is 5.92 Å². The van der Waals surface area contributed by atoms with Crippen molar-refractivity contribution < 1.29 is 0 Å². The number of aromatic amines is 1. The number of hydrogen-bond donors (Lipinski definition) is 1. The molecule has 1 aromatic heterocycles. The van der Waals surface area contributed by atoms with Crippen LogP contribution in [0, 0.1) is 17.2 Å². The van der Waals surface area contributed by atoms with Crippen LogP contribution in [-0.4, -0.2) is 30.0 Å². The highest BCUT2D eigenvalue weighted by atomic mass is 15.1. The molecule has 0 amide bonds. The molecule has 1 N–H and O–H groups in total. The molecule has 1 aliphatic carbocycles. The lowest BCUT2D eigenvalue weighted by molar-refractivity contribution is 0.335. The van der Waals surface area contributed by atoms with Gasteiger partial charge in [-0.3, -0.25) is 0 Å². The van der Waals surface area contributed by atoms with Crippen LogP contribution in [0.1, 0.15) is 30.4 Å². The zero-order valence-electron chi connectivity index (χ0n) is 11.5. The summed E-state index contributed by atoms with van der Waals surface area (Å²) in [4.78, 5) is 5.69. The minimum atomic E-state index is 0.690. The quantitative estimate of drug-likeness (QED) is 0.909. The molecular formula is C16H19N3. The Labute approximate surface area is 113 Å². The van der Waals surface area contributed by atoms with Gasteiger partial charge in [0, 0.05) is 23.6 Å². The summed E-state index contributed by atoms with van der Waals surface area (Å²) in [5.74, 6) is 1.48. The minimum Gasteiger partial charge on any atom is -0.361 e. The number of hydrogen-bond acceptors (Lipinski definition) is 2. The number of nitrogens with zero attached hydrogens (tertiary/aromatic N) is 2. The van der Waals surface area contributed by atoms with E-state index in [0.29, 0.717) is 5.92 Å². The number of H-pyrrole nitrogens is 1. The average molecular weight is 253 g/mol.